The van der Waals surface area contributed by atoms with Gasteiger partial charge in [0.1, 0.15) is 30.0 Å². The molecular weight excluding hydrogens is 426 g/mol. The zero-order valence-corrected chi connectivity index (χ0v) is 20.2. The Balaban J connectivity index is 0.00000363. The first-order chi connectivity index (χ1) is 14.9. The Hall–Kier alpha value is -2.54. The Kier molecular flexibility index (Phi) is 9.57. The smallest absolute Gasteiger partial charge is 0.130 e. The van der Waals surface area contributed by atoms with Gasteiger partial charge in [0.25, 0.3) is 0 Å². The zero-order chi connectivity index (χ0) is 22.4. The molecule has 1 aromatic heterocycles. The number of aryl methyl sites for hydroxylation is 2. The molecule has 0 aliphatic carbocycles. The summed E-state index contributed by atoms with van der Waals surface area (Å²) in [6, 6.07) is 13.8. The topological polar surface area (TPSA) is 68.5 Å². The molecule has 2 aromatic carbocycles. The number of aliphatic hydroxyl groups is 1. The molecule has 0 fully saturated rings. The number of benzene rings is 2. The summed E-state index contributed by atoms with van der Waals surface area (Å²) in [6.45, 7) is 7.01. The van der Waals surface area contributed by atoms with Crippen molar-refractivity contribution in [2.75, 3.05) is 20.3 Å². The lowest BCUT2D eigenvalue weighted by molar-refractivity contribution is 0.104. The molecule has 0 aliphatic rings. The highest BCUT2D eigenvalue weighted by molar-refractivity contribution is 5.85. The van der Waals surface area contributed by atoms with Crippen molar-refractivity contribution in [2.24, 2.45) is 7.05 Å². The van der Waals surface area contributed by atoms with Gasteiger partial charge in [0.2, 0.25) is 0 Å². The van der Waals surface area contributed by atoms with E-state index in [0.717, 1.165) is 22.9 Å². The molecule has 6 nitrogen and oxygen atoms in total. The van der Waals surface area contributed by atoms with E-state index < -0.39 is 6.10 Å². The Morgan fingerprint density at radius 3 is 2.53 bits per heavy atom. The molecule has 32 heavy (non-hydrogen) atoms. The van der Waals surface area contributed by atoms with Crippen LogP contribution in [0.4, 0.5) is 0 Å². The van der Waals surface area contributed by atoms with Gasteiger partial charge in [0, 0.05) is 26.0 Å². The van der Waals surface area contributed by atoms with E-state index >= 15 is 0 Å². The number of aliphatic hydroxyl groups excluding tert-OH is 1. The number of halogens is 1. The van der Waals surface area contributed by atoms with Crippen molar-refractivity contribution < 1.29 is 14.6 Å². The molecule has 3 aromatic rings. The monoisotopic (exact) mass is 459 g/mol. The number of rotatable bonds is 10. The number of nitrogens with zero attached hydrogens (tertiary/aromatic N) is 2. The van der Waals surface area contributed by atoms with Crippen LogP contribution in [0.1, 0.15) is 48.3 Å². The van der Waals surface area contributed by atoms with E-state index in [0.29, 0.717) is 12.5 Å². The summed E-state index contributed by atoms with van der Waals surface area (Å²) < 4.78 is 13.2. The van der Waals surface area contributed by atoms with E-state index in [1.807, 2.05) is 54.2 Å². The van der Waals surface area contributed by atoms with Crippen molar-refractivity contribution >= 4 is 12.4 Å². The maximum atomic E-state index is 10.5. The third-order valence-electron chi connectivity index (χ3n) is 5.41. The van der Waals surface area contributed by atoms with Gasteiger partial charge in [0.05, 0.1) is 13.2 Å². The summed E-state index contributed by atoms with van der Waals surface area (Å²) >= 11 is 0. The van der Waals surface area contributed by atoms with Crippen molar-refractivity contribution in [1.82, 2.24) is 14.9 Å². The Morgan fingerprint density at radius 1 is 1.12 bits per heavy atom. The highest BCUT2D eigenvalue weighted by atomic mass is 35.5. The van der Waals surface area contributed by atoms with Crippen molar-refractivity contribution in [3.63, 3.8) is 0 Å². The van der Waals surface area contributed by atoms with Crippen LogP contribution in [0.3, 0.4) is 0 Å². The number of aromatic nitrogens is 2. The number of methoxy groups -OCH3 is 1. The second-order valence-corrected chi connectivity index (χ2v) is 8.15. The maximum Gasteiger partial charge on any atom is 0.130 e. The molecule has 0 radical (unpaired) electrons. The fourth-order valence-electron chi connectivity index (χ4n) is 3.73. The molecule has 174 valence electrons. The zero-order valence-electron chi connectivity index (χ0n) is 19.4. The van der Waals surface area contributed by atoms with Crippen molar-refractivity contribution in [2.45, 2.75) is 38.8 Å². The van der Waals surface area contributed by atoms with Gasteiger partial charge in [-0.25, -0.2) is 4.98 Å². The van der Waals surface area contributed by atoms with Gasteiger partial charge < -0.3 is 24.5 Å². The van der Waals surface area contributed by atoms with Crippen LogP contribution in [0.2, 0.25) is 0 Å². The number of imidazole rings is 1. The summed E-state index contributed by atoms with van der Waals surface area (Å²) in [5.41, 5.74) is 3.53. The largest absolute Gasteiger partial charge is 0.497 e. The molecule has 7 heteroatoms. The molecular formula is C25H34ClN3O3. The predicted octanol–water partition coefficient (Wildman–Crippen LogP) is 4.40. The van der Waals surface area contributed by atoms with Crippen LogP contribution in [0.5, 0.6) is 11.5 Å². The summed E-state index contributed by atoms with van der Waals surface area (Å²) in [7, 11) is 3.61. The van der Waals surface area contributed by atoms with Crippen LogP contribution in [-0.4, -0.2) is 41.0 Å². The van der Waals surface area contributed by atoms with Crippen molar-refractivity contribution in [1.29, 1.82) is 0 Å². The average molecular weight is 460 g/mol. The third kappa shape index (κ3) is 6.48. The first-order valence-corrected chi connectivity index (χ1v) is 10.6. The molecule has 2 N–H and O–H groups in total. The van der Waals surface area contributed by atoms with E-state index in [1.54, 1.807) is 13.3 Å². The number of hydrogen-bond donors (Lipinski definition) is 2. The second kappa shape index (κ2) is 11.9. The first kappa shape index (κ1) is 25.7. The normalized spacial score (nSPS) is 12.8. The van der Waals surface area contributed by atoms with Gasteiger partial charge >= 0.3 is 0 Å². The standard InChI is InChI=1S/C25H33N3O3.ClH/c1-17(2)23-10-9-22(13-18(23)3)31-16-20(29)15-27-24(25-26-11-12-28(25)4)19-7-6-8-21(14-19)30-5;/h6-14,17,20,24,27,29H,15-16H2,1-5H3;1H. The minimum absolute atomic E-state index is 0. The van der Waals surface area contributed by atoms with Crippen molar-refractivity contribution in [3.8, 4) is 11.5 Å². The summed E-state index contributed by atoms with van der Waals surface area (Å²) in [4.78, 5) is 4.50. The molecule has 0 saturated carbocycles. The summed E-state index contributed by atoms with van der Waals surface area (Å²) in [6.07, 6.45) is 3.01. The highest BCUT2D eigenvalue weighted by Gasteiger charge is 2.20. The first-order valence-electron chi connectivity index (χ1n) is 10.6. The lowest BCUT2D eigenvalue weighted by Gasteiger charge is -2.22. The molecule has 2 atom stereocenters. The highest BCUT2D eigenvalue weighted by Crippen LogP contribution is 2.25. The molecule has 3 rings (SSSR count). The van der Waals surface area contributed by atoms with Crippen LogP contribution in [0.15, 0.2) is 54.9 Å². The van der Waals surface area contributed by atoms with E-state index in [4.69, 9.17) is 9.47 Å². The SMILES string of the molecule is COc1cccc(C(NCC(O)COc2ccc(C(C)C)c(C)c2)c2nccn2C)c1.Cl. The van der Waals surface area contributed by atoms with Crippen LogP contribution >= 0.6 is 12.4 Å². The van der Waals surface area contributed by atoms with Gasteiger partial charge in [-0.1, -0.05) is 32.0 Å². The van der Waals surface area contributed by atoms with Crippen LogP contribution in [-0.2, 0) is 7.05 Å². The average Bonchev–Trinajstić information content (AvgIpc) is 3.18. The van der Waals surface area contributed by atoms with E-state index in [2.05, 4.69) is 37.1 Å². The molecule has 1 heterocycles. The van der Waals surface area contributed by atoms with Crippen LogP contribution < -0.4 is 14.8 Å². The fraction of sp³-hybridized carbons (Fsp3) is 0.400. The Morgan fingerprint density at radius 2 is 1.91 bits per heavy atom. The molecule has 2 unspecified atom stereocenters. The van der Waals surface area contributed by atoms with Gasteiger partial charge in [-0.2, -0.15) is 0 Å². The number of hydrogen-bond acceptors (Lipinski definition) is 5. The van der Waals surface area contributed by atoms with Gasteiger partial charge in [-0.05, 0) is 53.8 Å². The number of ether oxygens (including phenoxy) is 2. The molecule has 0 spiro atoms. The molecule has 0 aliphatic heterocycles. The maximum absolute atomic E-state index is 10.5. The summed E-state index contributed by atoms with van der Waals surface area (Å²) in [5.74, 6) is 2.89. The molecule has 0 saturated heterocycles. The lowest BCUT2D eigenvalue weighted by atomic mass is 9.98. The minimum Gasteiger partial charge on any atom is -0.497 e. The van der Waals surface area contributed by atoms with Crippen LogP contribution in [0, 0.1) is 6.92 Å². The Labute approximate surface area is 197 Å². The van der Waals surface area contributed by atoms with Crippen molar-refractivity contribution in [3.05, 3.63) is 77.4 Å². The molecule has 0 bridgehead atoms. The summed E-state index contributed by atoms with van der Waals surface area (Å²) in [5, 5.41) is 14.0. The van der Waals surface area contributed by atoms with E-state index in [1.165, 1.54) is 11.1 Å². The number of nitrogens with one attached hydrogen (secondary N) is 1. The van der Waals surface area contributed by atoms with Gasteiger partial charge in [-0.15, -0.1) is 12.4 Å². The third-order valence-corrected chi connectivity index (χ3v) is 5.41. The van der Waals surface area contributed by atoms with Gasteiger partial charge in [0.15, 0.2) is 0 Å². The Bertz CT molecular complexity index is 990. The predicted molar refractivity (Wildman–Crippen MR) is 130 cm³/mol. The van der Waals surface area contributed by atoms with E-state index in [-0.39, 0.29) is 25.1 Å². The minimum atomic E-state index is -0.668. The fourth-order valence-corrected chi connectivity index (χ4v) is 3.73. The van der Waals surface area contributed by atoms with Crippen LogP contribution in [0.25, 0.3) is 0 Å². The molecule has 0 amide bonds. The lowest BCUT2D eigenvalue weighted by Crippen LogP contribution is -2.35. The van der Waals surface area contributed by atoms with Gasteiger partial charge in [-0.3, -0.25) is 0 Å². The quantitative estimate of drug-likeness (QED) is 0.470. The van der Waals surface area contributed by atoms with E-state index in [9.17, 15) is 5.11 Å². The second-order valence-electron chi connectivity index (χ2n) is 8.15.